The molecule has 27 heavy (non-hydrogen) atoms. The molecule has 3 aromatic rings. The van der Waals surface area contributed by atoms with Gasteiger partial charge in [0.2, 0.25) is 5.82 Å². The van der Waals surface area contributed by atoms with Gasteiger partial charge >= 0.3 is 5.69 Å². The highest BCUT2D eigenvalue weighted by atomic mass is 19.1. The van der Waals surface area contributed by atoms with Crippen molar-refractivity contribution >= 4 is 28.1 Å². The van der Waals surface area contributed by atoms with E-state index in [9.17, 15) is 24.1 Å². The number of carbonyl (C=O) groups excluding carboxylic acids is 1. The first-order chi connectivity index (χ1) is 12.9. The molecule has 0 unspecified atom stereocenters. The Bertz CT molecular complexity index is 1110. The summed E-state index contributed by atoms with van der Waals surface area (Å²) in [5.74, 6) is -1.66. The van der Waals surface area contributed by atoms with Gasteiger partial charge in [0.25, 0.3) is 11.5 Å². The molecule has 0 aliphatic rings. The van der Waals surface area contributed by atoms with Gasteiger partial charge in [-0.1, -0.05) is 25.1 Å². The van der Waals surface area contributed by atoms with Crippen LogP contribution in [0.3, 0.4) is 0 Å². The van der Waals surface area contributed by atoms with Gasteiger partial charge in [0.1, 0.15) is 0 Å². The molecular formula is C18H15FN4O4. The van der Waals surface area contributed by atoms with Crippen LogP contribution in [0, 0.1) is 15.9 Å². The first kappa shape index (κ1) is 18.2. The number of nitro benzene ring substituents is 1. The van der Waals surface area contributed by atoms with Gasteiger partial charge in [0, 0.05) is 23.7 Å². The fourth-order valence-corrected chi connectivity index (χ4v) is 2.69. The predicted octanol–water partition coefficient (Wildman–Crippen LogP) is 3.11. The van der Waals surface area contributed by atoms with Crippen molar-refractivity contribution in [1.29, 1.82) is 0 Å². The maximum absolute atomic E-state index is 13.5. The summed E-state index contributed by atoms with van der Waals surface area (Å²) < 4.78 is 14.7. The average molecular weight is 370 g/mol. The first-order valence-corrected chi connectivity index (χ1v) is 8.17. The molecule has 0 radical (unpaired) electrons. The summed E-state index contributed by atoms with van der Waals surface area (Å²) in [5, 5.41) is 18.2. The zero-order valence-corrected chi connectivity index (χ0v) is 14.3. The first-order valence-electron chi connectivity index (χ1n) is 8.17. The number of hydrogen-bond donors (Lipinski definition) is 1. The third-order valence-corrected chi connectivity index (χ3v) is 3.92. The van der Waals surface area contributed by atoms with Crippen LogP contribution in [-0.2, 0) is 6.54 Å². The van der Waals surface area contributed by atoms with E-state index in [0.29, 0.717) is 23.7 Å². The van der Waals surface area contributed by atoms with Crippen molar-refractivity contribution in [3.8, 4) is 0 Å². The number of aryl methyl sites for hydroxylation is 1. The number of carbonyl (C=O) groups is 1. The Balaban J connectivity index is 2.06. The van der Waals surface area contributed by atoms with Gasteiger partial charge in [0.05, 0.1) is 10.3 Å². The Morgan fingerprint density at radius 3 is 2.63 bits per heavy atom. The van der Waals surface area contributed by atoms with E-state index < -0.39 is 22.3 Å². The Labute approximate surface area is 152 Å². The second-order valence-electron chi connectivity index (χ2n) is 5.80. The molecule has 3 rings (SSSR count). The number of benzene rings is 2. The Morgan fingerprint density at radius 1 is 1.26 bits per heavy atom. The van der Waals surface area contributed by atoms with Crippen molar-refractivity contribution in [3.05, 3.63) is 74.4 Å². The van der Waals surface area contributed by atoms with E-state index in [0.717, 1.165) is 12.1 Å². The minimum Gasteiger partial charge on any atom is -0.320 e. The Morgan fingerprint density at radius 2 is 1.96 bits per heavy atom. The molecule has 0 spiro atoms. The topological polar surface area (TPSA) is 107 Å². The van der Waals surface area contributed by atoms with E-state index in [2.05, 4.69) is 10.4 Å². The lowest BCUT2D eigenvalue weighted by atomic mass is 10.1. The Hall–Kier alpha value is -3.62. The number of aromatic nitrogens is 2. The van der Waals surface area contributed by atoms with Crippen LogP contribution in [0.1, 0.15) is 23.8 Å². The number of anilines is 1. The molecule has 8 nitrogen and oxygen atoms in total. The third-order valence-electron chi connectivity index (χ3n) is 3.92. The number of rotatable bonds is 5. The number of fused-ring (bicyclic) bond motifs is 1. The normalized spacial score (nSPS) is 10.7. The van der Waals surface area contributed by atoms with Gasteiger partial charge in [-0.05, 0) is 24.6 Å². The van der Waals surface area contributed by atoms with Crippen molar-refractivity contribution in [2.24, 2.45) is 0 Å². The molecule has 1 heterocycles. The fraction of sp³-hybridized carbons (Fsp3) is 0.167. The largest absolute Gasteiger partial charge is 0.320 e. The lowest BCUT2D eigenvalue weighted by Crippen LogP contribution is -2.27. The van der Waals surface area contributed by atoms with Crippen molar-refractivity contribution in [3.63, 3.8) is 0 Å². The average Bonchev–Trinajstić information content (AvgIpc) is 2.65. The van der Waals surface area contributed by atoms with Crippen LogP contribution in [0.25, 0.3) is 10.8 Å². The summed E-state index contributed by atoms with van der Waals surface area (Å²) in [6.07, 6.45) is 0.649. The number of amides is 1. The van der Waals surface area contributed by atoms with Gasteiger partial charge in [0.15, 0.2) is 5.69 Å². The van der Waals surface area contributed by atoms with Crippen molar-refractivity contribution < 1.29 is 14.1 Å². The number of nitrogens with zero attached hydrogens (tertiary/aromatic N) is 3. The molecule has 138 valence electrons. The second kappa shape index (κ2) is 7.32. The SMILES string of the molecule is CCCn1nc(C(=O)Nc2ccc(F)c([N+](=O)[O-])c2)c2ccccc2c1=O. The molecule has 1 aromatic heterocycles. The van der Waals surface area contributed by atoms with Crippen LogP contribution in [-0.4, -0.2) is 20.6 Å². The number of halogens is 1. The standard InChI is InChI=1S/C18H15FN4O4/c1-2-9-22-18(25)13-6-4-3-5-12(13)16(21-22)17(24)20-11-7-8-14(19)15(10-11)23(26)27/h3-8,10H,2,9H2,1H3,(H,20,24). The molecule has 9 heteroatoms. The van der Waals surface area contributed by atoms with Gasteiger partial charge in [-0.2, -0.15) is 9.49 Å². The molecule has 0 bridgehead atoms. The smallest absolute Gasteiger partial charge is 0.306 e. The summed E-state index contributed by atoms with van der Waals surface area (Å²) in [5.41, 5.74) is -0.999. The van der Waals surface area contributed by atoms with E-state index in [1.54, 1.807) is 24.3 Å². The fourth-order valence-electron chi connectivity index (χ4n) is 2.69. The van der Waals surface area contributed by atoms with Crippen molar-refractivity contribution in [1.82, 2.24) is 9.78 Å². The highest BCUT2D eigenvalue weighted by Gasteiger charge is 2.19. The summed E-state index contributed by atoms with van der Waals surface area (Å²) in [6, 6.07) is 9.60. The van der Waals surface area contributed by atoms with Crippen LogP contribution >= 0.6 is 0 Å². The molecule has 0 saturated carbocycles. The molecule has 1 amide bonds. The van der Waals surface area contributed by atoms with Gasteiger partial charge in [-0.3, -0.25) is 19.7 Å². The maximum Gasteiger partial charge on any atom is 0.306 e. The summed E-state index contributed by atoms with van der Waals surface area (Å²) in [7, 11) is 0. The zero-order chi connectivity index (χ0) is 19.6. The molecule has 2 aromatic carbocycles. The lowest BCUT2D eigenvalue weighted by Gasteiger charge is -2.11. The summed E-state index contributed by atoms with van der Waals surface area (Å²) in [6.45, 7) is 2.21. The number of nitrogens with one attached hydrogen (secondary N) is 1. The van der Waals surface area contributed by atoms with E-state index in [1.165, 1.54) is 10.7 Å². The lowest BCUT2D eigenvalue weighted by molar-refractivity contribution is -0.387. The van der Waals surface area contributed by atoms with Crippen LogP contribution in [0.5, 0.6) is 0 Å². The third kappa shape index (κ3) is 3.52. The molecule has 0 aliphatic heterocycles. The van der Waals surface area contributed by atoms with E-state index in [4.69, 9.17) is 0 Å². The molecule has 0 aliphatic carbocycles. The monoisotopic (exact) mass is 370 g/mol. The highest BCUT2D eigenvalue weighted by Crippen LogP contribution is 2.22. The van der Waals surface area contributed by atoms with Gasteiger partial charge in [-0.25, -0.2) is 4.68 Å². The van der Waals surface area contributed by atoms with Gasteiger partial charge in [-0.15, -0.1) is 0 Å². The molecule has 1 N–H and O–H groups in total. The zero-order valence-electron chi connectivity index (χ0n) is 14.3. The summed E-state index contributed by atoms with van der Waals surface area (Å²) in [4.78, 5) is 35.2. The van der Waals surface area contributed by atoms with E-state index >= 15 is 0 Å². The predicted molar refractivity (Wildman–Crippen MR) is 97.3 cm³/mol. The molecular weight excluding hydrogens is 355 g/mol. The Kier molecular flexibility index (Phi) is 4.93. The van der Waals surface area contributed by atoms with Crippen LogP contribution in [0.2, 0.25) is 0 Å². The van der Waals surface area contributed by atoms with Gasteiger partial charge < -0.3 is 5.32 Å². The minimum absolute atomic E-state index is 0.00521. The quantitative estimate of drug-likeness (QED) is 0.548. The van der Waals surface area contributed by atoms with Crippen molar-refractivity contribution in [2.75, 3.05) is 5.32 Å². The summed E-state index contributed by atoms with van der Waals surface area (Å²) >= 11 is 0. The van der Waals surface area contributed by atoms with Crippen LogP contribution in [0.4, 0.5) is 15.8 Å². The maximum atomic E-state index is 13.5. The number of hydrogen-bond acceptors (Lipinski definition) is 5. The molecule has 0 saturated heterocycles. The molecule has 0 atom stereocenters. The van der Waals surface area contributed by atoms with Crippen LogP contribution < -0.4 is 10.9 Å². The van der Waals surface area contributed by atoms with E-state index in [1.807, 2.05) is 6.92 Å². The minimum atomic E-state index is -1.00. The van der Waals surface area contributed by atoms with Crippen molar-refractivity contribution in [2.45, 2.75) is 19.9 Å². The molecule has 0 fully saturated rings. The highest BCUT2D eigenvalue weighted by molar-refractivity contribution is 6.11. The van der Waals surface area contributed by atoms with Crippen LogP contribution in [0.15, 0.2) is 47.3 Å². The second-order valence-corrected chi connectivity index (χ2v) is 5.80. The van der Waals surface area contributed by atoms with E-state index in [-0.39, 0.29) is 16.9 Å². The number of nitro groups is 1.